The van der Waals surface area contributed by atoms with Gasteiger partial charge in [0.2, 0.25) is 0 Å². The zero-order valence-electron chi connectivity index (χ0n) is 8.14. The standard InChI is InChI=1S/C10H12NO2S/c1-11(14(2,12)13)8-7-9-5-3-4-6-10(9)11/h3-8H,1-2H3/q+1. The number of benzene rings is 1. The molecule has 1 aliphatic rings. The fraction of sp³-hybridized carbons (Fsp3) is 0.200. The van der Waals surface area contributed by atoms with Crippen LogP contribution >= 0.6 is 0 Å². The molecule has 0 spiro atoms. The van der Waals surface area contributed by atoms with Crippen molar-refractivity contribution in [3.8, 4) is 0 Å². The molecule has 1 unspecified atom stereocenters. The molecule has 0 aliphatic carbocycles. The van der Waals surface area contributed by atoms with E-state index in [1.54, 1.807) is 13.2 Å². The van der Waals surface area contributed by atoms with Gasteiger partial charge in [-0.05, 0) is 6.07 Å². The summed E-state index contributed by atoms with van der Waals surface area (Å²) in [5.41, 5.74) is 1.79. The van der Waals surface area contributed by atoms with Crippen molar-refractivity contribution >= 4 is 21.8 Å². The average Bonchev–Trinajstić information content (AvgIpc) is 2.45. The predicted molar refractivity (Wildman–Crippen MR) is 58.0 cm³/mol. The summed E-state index contributed by atoms with van der Waals surface area (Å²) in [5, 5.41) is 0. The lowest BCUT2D eigenvalue weighted by molar-refractivity contribution is 0.542. The average molecular weight is 210 g/mol. The van der Waals surface area contributed by atoms with Gasteiger partial charge in [0, 0.05) is 17.7 Å². The lowest BCUT2D eigenvalue weighted by atomic mass is 10.2. The molecule has 0 radical (unpaired) electrons. The second-order valence-electron chi connectivity index (χ2n) is 3.60. The van der Waals surface area contributed by atoms with Gasteiger partial charge in [0.05, 0.1) is 13.3 Å². The maximum atomic E-state index is 11.6. The fourth-order valence-electron chi connectivity index (χ4n) is 1.62. The van der Waals surface area contributed by atoms with Crippen LogP contribution in [-0.2, 0) is 10.0 Å². The molecule has 0 saturated heterocycles. The number of hydrogen-bond donors (Lipinski definition) is 0. The molecule has 1 heterocycles. The molecule has 0 aromatic heterocycles. The van der Waals surface area contributed by atoms with Crippen LogP contribution in [0.2, 0.25) is 0 Å². The van der Waals surface area contributed by atoms with E-state index in [1.807, 2.05) is 30.3 Å². The molecule has 3 nitrogen and oxygen atoms in total. The number of para-hydroxylation sites is 1. The summed E-state index contributed by atoms with van der Waals surface area (Å²) in [4.78, 5) is 0. The lowest BCUT2D eigenvalue weighted by Crippen LogP contribution is -2.43. The van der Waals surface area contributed by atoms with Gasteiger partial charge in [-0.1, -0.05) is 12.1 Å². The Morgan fingerprint density at radius 2 is 1.86 bits per heavy atom. The van der Waals surface area contributed by atoms with Crippen LogP contribution in [0, 0.1) is 0 Å². The fourth-order valence-corrected chi connectivity index (χ4v) is 2.43. The molecule has 74 valence electrons. The smallest absolute Gasteiger partial charge is 0.173 e. The molecule has 14 heavy (non-hydrogen) atoms. The molecule has 0 bridgehead atoms. The van der Waals surface area contributed by atoms with Crippen LogP contribution in [0.5, 0.6) is 0 Å². The highest BCUT2D eigenvalue weighted by atomic mass is 32.2. The van der Waals surface area contributed by atoms with E-state index in [2.05, 4.69) is 0 Å². The molecule has 2 rings (SSSR count). The first-order valence-corrected chi connectivity index (χ1v) is 6.15. The molecule has 1 aromatic rings. The van der Waals surface area contributed by atoms with Gasteiger partial charge in [0.15, 0.2) is 5.69 Å². The van der Waals surface area contributed by atoms with Crippen LogP contribution in [0.15, 0.2) is 30.5 Å². The van der Waals surface area contributed by atoms with Crippen LogP contribution in [0.1, 0.15) is 5.56 Å². The molecule has 0 amide bonds. The van der Waals surface area contributed by atoms with Crippen molar-refractivity contribution in [2.45, 2.75) is 0 Å². The third-order valence-electron chi connectivity index (χ3n) is 2.64. The SMILES string of the molecule is C[N+]1(S(C)(=O)=O)C=Cc2ccccc21. The Morgan fingerprint density at radius 3 is 2.50 bits per heavy atom. The number of hydrogen-bond acceptors (Lipinski definition) is 2. The molecule has 0 saturated carbocycles. The van der Waals surface area contributed by atoms with E-state index in [1.165, 1.54) is 6.26 Å². The Hall–Kier alpha value is -1.13. The molecule has 1 atom stereocenters. The summed E-state index contributed by atoms with van der Waals surface area (Å²) in [6.45, 7) is 0. The number of fused-ring (bicyclic) bond motifs is 1. The summed E-state index contributed by atoms with van der Waals surface area (Å²) in [5.74, 6) is 0. The van der Waals surface area contributed by atoms with E-state index in [4.69, 9.17) is 0 Å². The Morgan fingerprint density at radius 1 is 1.21 bits per heavy atom. The highest BCUT2D eigenvalue weighted by Gasteiger charge is 2.39. The van der Waals surface area contributed by atoms with Crippen molar-refractivity contribution in [2.24, 2.45) is 0 Å². The summed E-state index contributed by atoms with van der Waals surface area (Å²) >= 11 is 0. The third kappa shape index (κ3) is 1.11. The van der Waals surface area contributed by atoms with Gasteiger partial charge in [-0.3, -0.25) is 0 Å². The molecule has 0 fully saturated rings. The molecule has 1 aliphatic heterocycles. The van der Waals surface area contributed by atoms with Crippen LogP contribution in [0.25, 0.3) is 6.08 Å². The van der Waals surface area contributed by atoms with Gasteiger partial charge >= 0.3 is 10.0 Å². The zero-order valence-corrected chi connectivity index (χ0v) is 8.95. The topological polar surface area (TPSA) is 34.1 Å². The van der Waals surface area contributed by atoms with E-state index < -0.39 is 10.0 Å². The van der Waals surface area contributed by atoms with E-state index in [0.717, 1.165) is 11.3 Å². The van der Waals surface area contributed by atoms with E-state index in [9.17, 15) is 8.42 Å². The first-order chi connectivity index (χ1) is 6.45. The summed E-state index contributed by atoms with van der Waals surface area (Å²) in [7, 11) is -1.49. The first kappa shape index (κ1) is 9.43. The number of quaternary nitrogens is 1. The zero-order chi connectivity index (χ0) is 10.4. The molecular formula is C10H12NO2S+. The van der Waals surface area contributed by atoms with Crippen molar-refractivity contribution in [3.05, 3.63) is 36.0 Å². The quantitative estimate of drug-likeness (QED) is 0.659. The Balaban J connectivity index is 2.71. The van der Waals surface area contributed by atoms with Crippen LogP contribution in [0.3, 0.4) is 0 Å². The minimum Gasteiger partial charge on any atom is -0.173 e. The van der Waals surface area contributed by atoms with Gasteiger partial charge in [-0.25, -0.2) is 0 Å². The number of rotatable bonds is 1. The largest absolute Gasteiger partial charge is 0.303 e. The first-order valence-electron chi connectivity index (χ1n) is 4.30. The summed E-state index contributed by atoms with van der Waals surface area (Å²) in [6, 6.07) is 7.52. The van der Waals surface area contributed by atoms with Gasteiger partial charge in [0.1, 0.15) is 6.20 Å². The molecule has 4 heteroatoms. The van der Waals surface area contributed by atoms with Crippen molar-refractivity contribution in [1.82, 2.24) is 3.89 Å². The lowest BCUT2D eigenvalue weighted by Gasteiger charge is -2.23. The van der Waals surface area contributed by atoms with E-state index in [0.29, 0.717) is 0 Å². The second-order valence-corrected chi connectivity index (χ2v) is 5.82. The number of sulfonamides is 1. The predicted octanol–water partition coefficient (Wildman–Crippen LogP) is 1.57. The third-order valence-corrected chi connectivity index (χ3v) is 4.34. The summed E-state index contributed by atoms with van der Waals surface area (Å²) < 4.78 is 23.1. The van der Waals surface area contributed by atoms with Crippen LogP contribution in [0.4, 0.5) is 5.69 Å². The van der Waals surface area contributed by atoms with Crippen molar-refractivity contribution in [2.75, 3.05) is 13.3 Å². The highest BCUT2D eigenvalue weighted by molar-refractivity contribution is 7.90. The minimum atomic E-state index is -3.16. The Labute approximate surface area is 83.9 Å². The molecular weight excluding hydrogens is 198 g/mol. The molecule has 0 N–H and O–H groups in total. The highest BCUT2D eigenvalue weighted by Crippen LogP contribution is 2.35. The van der Waals surface area contributed by atoms with Crippen molar-refractivity contribution in [1.29, 1.82) is 0 Å². The second kappa shape index (κ2) is 2.68. The monoisotopic (exact) mass is 210 g/mol. The number of nitrogens with zero attached hydrogens (tertiary/aromatic N) is 1. The van der Waals surface area contributed by atoms with E-state index in [-0.39, 0.29) is 3.89 Å². The maximum Gasteiger partial charge on any atom is 0.303 e. The minimum absolute atomic E-state index is 0.136. The van der Waals surface area contributed by atoms with Gasteiger partial charge in [-0.2, -0.15) is 12.3 Å². The van der Waals surface area contributed by atoms with Gasteiger partial charge < -0.3 is 0 Å². The Kier molecular flexibility index (Phi) is 1.81. The van der Waals surface area contributed by atoms with E-state index >= 15 is 0 Å². The van der Waals surface area contributed by atoms with Crippen molar-refractivity contribution in [3.63, 3.8) is 0 Å². The van der Waals surface area contributed by atoms with Crippen LogP contribution in [-0.4, -0.2) is 21.7 Å². The summed E-state index contributed by atoms with van der Waals surface area (Å²) in [6.07, 6.45) is 4.79. The molecule has 1 aromatic carbocycles. The maximum absolute atomic E-state index is 11.6. The van der Waals surface area contributed by atoms with Gasteiger partial charge in [0.25, 0.3) is 0 Å². The normalized spacial score (nSPS) is 25.0. The van der Waals surface area contributed by atoms with Gasteiger partial charge in [-0.15, -0.1) is 0 Å². The van der Waals surface area contributed by atoms with Crippen molar-refractivity contribution < 1.29 is 8.42 Å². The van der Waals surface area contributed by atoms with Crippen LogP contribution < -0.4 is 3.89 Å². The Bertz CT molecular complexity index is 505.